The second kappa shape index (κ2) is 8.17. The number of likely N-dealkylation sites (tertiary alicyclic amines) is 1. The van der Waals surface area contributed by atoms with E-state index in [-0.39, 0.29) is 16.8 Å². The molecular formula is C19H19Cl2FN2O. The largest absolute Gasteiger partial charge is 0.326 e. The monoisotopic (exact) mass is 380 g/mol. The number of anilines is 1. The number of carbonyl (C=O) groups is 1. The van der Waals surface area contributed by atoms with E-state index in [1.807, 2.05) is 18.2 Å². The summed E-state index contributed by atoms with van der Waals surface area (Å²) in [7, 11) is 0. The van der Waals surface area contributed by atoms with Gasteiger partial charge in [-0.15, -0.1) is 0 Å². The zero-order valence-corrected chi connectivity index (χ0v) is 15.2. The average molecular weight is 381 g/mol. The lowest BCUT2D eigenvalue weighted by Crippen LogP contribution is -2.37. The molecule has 1 N–H and O–H groups in total. The molecule has 0 spiro atoms. The number of halogens is 3. The minimum atomic E-state index is -0.492. The standard InChI is InChI=1S/C19H19Cl2FN2O/c20-15-3-1-2-13(10-15)12-24-8-6-14(7-9-24)19(25)23-16-4-5-18(22)17(21)11-16/h1-5,10-11,14H,6-9,12H2,(H,23,25). The first-order valence-corrected chi connectivity index (χ1v) is 8.99. The van der Waals surface area contributed by atoms with Gasteiger partial charge in [0.15, 0.2) is 0 Å². The summed E-state index contributed by atoms with van der Waals surface area (Å²) in [4.78, 5) is 14.7. The molecule has 132 valence electrons. The fourth-order valence-corrected chi connectivity index (χ4v) is 3.46. The first-order chi connectivity index (χ1) is 12.0. The van der Waals surface area contributed by atoms with Crippen LogP contribution in [-0.4, -0.2) is 23.9 Å². The van der Waals surface area contributed by atoms with Crippen molar-refractivity contribution in [3.63, 3.8) is 0 Å². The topological polar surface area (TPSA) is 32.3 Å². The lowest BCUT2D eigenvalue weighted by atomic mass is 9.95. The minimum Gasteiger partial charge on any atom is -0.326 e. The molecule has 0 radical (unpaired) electrons. The number of benzene rings is 2. The summed E-state index contributed by atoms with van der Waals surface area (Å²) in [5.74, 6) is -0.571. The lowest BCUT2D eigenvalue weighted by Gasteiger charge is -2.31. The van der Waals surface area contributed by atoms with Crippen LogP contribution < -0.4 is 5.32 Å². The zero-order chi connectivity index (χ0) is 17.8. The van der Waals surface area contributed by atoms with Crippen LogP contribution in [0, 0.1) is 11.7 Å². The minimum absolute atomic E-state index is 0.00846. The van der Waals surface area contributed by atoms with E-state index < -0.39 is 5.82 Å². The summed E-state index contributed by atoms with van der Waals surface area (Å²) in [6.45, 7) is 2.55. The molecule has 0 saturated carbocycles. The highest BCUT2D eigenvalue weighted by Crippen LogP contribution is 2.23. The number of carbonyl (C=O) groups excluding carboxylic acids is 1. The number of nitrogens with one attached hydrogen (secondary N) is 1. The molecule has 1 amide bonds. The van der Waals surface area contributed by atoms with Crippen LogP contribution in [0.25, 0.3) is 0 Å². The van der Waals surface area contributed by atoms with Crippen LogP contribution in [-0.2, 0) is 11.3 Å². The predicted octanol–water partition coefficient (Wildman–Crippen LogP) is 4.98. The van der Waals surface area contributed by atoms with Crippen molar-refractivity contribution >= 4 is 34.8 Å². The first-order valence-electron chi connectivity index (χ1n) is 8.24. The Balaban J connectivity index is 1.51. The first kappa shape index (κ1) is 18.2. The maximum absolute atomic E-state index is 13.2. The van der Waals surface area contributed by atoms with Gasteiger partial charge in [0.1, 0.15) is 5.82 Å². The quantitative estimate of drug-likeness (QED) is 0.810. The van der Waals surface area contributed by atoms with Gasteiger partial charge in [-0.2, -0.15) is 0 Å². The molecule has 6 heteroatoms. The van der Waals surface area contributed by atoms with E-state index in [9.17, 15) is 9.18 Å². The summed E-state index contributed by atoms with van der Waals surface area (Å²) >= 11 is 11.8. The predicted molar refractivity (Wildman–Crippen MR) is 99.5 cm³/mol. The Labute approximate surface area is 156 Å². The van der Waals surface area contributed by atoms with Crippen LogP contribution >= 0.6 is 23.2 Å². The maximum Gasteiger partial charge on any atom is 0.227 e. The van der Waals surface area contributed by atoms with Crippen molar-refractivity contribution in [1.29, 1.82) is 0 Å². The molecule has 0 atom stereocenters. The number of nitrogens with zero attached hydrogens (tertiary/aromatic N) is 1. The van der Waals surface area contributed by atoms with E-state index >= 15 is 0 Å². The van der Waals surface area contributed by atoms with Crippen molar-refractivity contribution in [2.45, 2.75) is 19.4 Å². The van der Waals surface area contributed by atoms with Crippen molar-refractivity contribution in [1.82, 2.24) is 4.90 Å². The van der Waals surface area contributed by atoms with Gasteiger partial charge in [-0.25, -0.2) is 4.39 Å². The van der Waals surface area contributed by atoms with Crippen molar-refractivity contribution < 1.29 is 9.18 Å². The molecule has 0 unspecified atom stereocenters. The third-order valence-electron chi connectivity index (χ3n) is 4.44. The van der Waals surface area contributed by atoms with Crippen LogP contribution in [0.1, 0.15) is 18.4 Å². The number of amides is 1. The fraction of sp³-hybridized carbons (Fsp3) is 0.316. The summed E-state index contributed by atoms with van der Waals surface area (Å²) in [6.07, 6.45) is 1.59. The van der Waals surface area contributed by atoms with Crippen LogP contribution in [0.15, 0.2) is 42.5 Å². The van der Waals surface area contributed by atoms with Crippen molar-refractivity contribution in [2.75, 3.05) is 18.4 Å². The van der Waals surface area contributed by atoms with Gasteiger partial charge >= 0.3 is 0 Å². The summed E-state index contributed by atoms with van der Waals surface area (Å²) in [5.41, 5.74) is 1.70. The Morgan fingerprint density at radius 3 is 2.60 bits per heavy atom. The SMILES string of the molecule is O=C(Nc1ccc(F)c(Cl)c1)C1CCN(Cc2cccc(Cl)c2)CC1. The van der Waals surface area contributed by atoms with Gasteiger partial charge in [0, 0.05) is 23.2 Å². The Bertz CT molecular complexity index is 761. The van der Waals surface area contributed by atoms with Gasteiger partial charge < -0.3 is 5.32 Å². The van der Waals surface area contributed by atoms with Crippen molar-refractivity contribution in [3.8, 4) is 0 Å². The number of piperidine rings is 1. The van der Waals surface area contributed by atoms with Crippen molar-refractivity contribution in [3.05, 3.63) is 63.9 Å². The van der Waals surface area contributed by atoms with Crippen LogP contribution in [0.4, 0.5) is 10.1 Å². The molecule has 2 aromatic rings. The highest BCUT2D eigenvalue weighted by atomic mass is 35.5. The Kier molecular flexibility index (Phi) is 5.94. The van der Waals surface area contributed by atoms with E-state index in [0.717, 1.165) is 37.5 Å². The van der Waals surface area contributed by atoms with E-state index in [0.29, 0.717) is 5.69 Å². The number of hydrogen-bond donors (Lipinski definition) is 1. The van der Waals surface area contributed by atoms with Gasteiger partial charge in [-0.1, -0.05) is 35.3 Å². The lowest BCUT2D eigenvalue weighted by molar-refractivity contribution is -0.121. The summed E-state index contributed by atoms with van der Waals surface area (Å²) in [6, 6.07) is 12.1. The number of hydrogen-bond acceptors (Lipinski definition) is 2. The van der Waals surface area contributed by atoms with Crippen LogP contribution in [0.5, 0.6) is 0 Å². The smallest absolute Gasteiger partial charge is 0.227 e. The van der Waals surface area contributed by atoms with Crippen LogP contribution in [0.2, 0.25) is 10.0 Å². The van der Waals surface area contributed by atoms with Gasteiger partial charge in [0.05, 0.1) is 5.02 Å². The third-order valence-corrected chi connectivity index (χ3v) is 4.97. The second-order valence-corrected chi connectivity index (χ2v) is 7.14. The molecule has 0 bridgehead atoms. The summed E-state index contributed by atoms with van der Waals surface area (Å²) < 4.78 is 13.2. The molecule has 3 rings (SSSR count). The average Bonchev–Trinajstić information content (AvgIpc) is 2.59. The fourth-order valence-electron chi connectivity index (χ4n) is 3.06. The Hall–Kier alpha value is -1.62. The molecule has 1 saturated heterocycles. The molecule has 1 heterocycles. The van der Waals surface area contributed by atoms with Gasteiger partial charge in [0.2, 0.25) is 5.91 Å². The van der Waals surface area contributed by atoms with E-state index in [1.54, 1.807) is 0 Å². The molecule has 2 aromatic carbocycles. The van der Waals surface area contributed by atoms with Crippen LogP contribution in [0.3, 0.4) is 0 Å². The van der Waals surface area contributed by atoms with E-state index in [1.165, 1.54) is 23.8 Å². The zero-order valence-electron chi connectivity index (χ0n) is 13.6. The second-order valence-electron chi connectivity index (χ2n) is 6.30. The Morgan fingerprint density at radius 2 is 1.92 bits per heavy atom. The maximum atomic E-state index is 13.2. The molecule has 1 fully saturated rings. The Morgan fingerprint density at radius 1 is 1.16 bits per heavy atom. The molecule has 3 nitrogen and oxygen atoms in total. The van der Waals surface area contributed by atoms with E-state index in [4.69, 9.17) is 23.2 Å². The van der Waals surface area contributed by atoms with E-state index in [2.05, 4.69) is 16.3 Å². The van der Waals surface area contributed by atoms with Crippen molar-refractivity contribution in [2.24, 2.45) is 5.92 Å². The number of rotatable bonds is 4. The van der Waals surface area contributed by atoms with Gasteiger partial charge in [0.25, 0.3) is 0 Å². The summed E-state index contributed by atoms with van der Waals surface area (Å²) in [5, 5.41) is 3.57. The molecule has 0 aromatic heterocycles. The molecule has 0 aliphatic carbocycles. The third kappa shape index (κ3) is 4.94. The van der Waals surface area contributed by atoms with Gasteiger partial charge in [-0.3, -0.25) is 9.69 Å². The normalized spacial score (nSPS) is 16.0. The highest BCUT2D eigenvalue weighted by molar-refractivity contribution is 6.31. The molecule has 25 heavy (non-hydrogen) atoms. The molecular weight excluding hydrogens is 362 g/mol. The van der Waals surface area contributed by atoms with Gasteiger partial charge in [-0.05, 0) is 61.8 Å². The highest BCUT2D eigenvalue weighted by Gasteiger charge is 2.25. The molecule has 1 aliphatic heterocycles. The molecule has 1 aliphatic rings.